The number of hydrogen-bond acceptors (Lipinski definition) is 5. The van der Waals surface area contributed by atoms with Crippen molar-refractivity contribution in [2.45, 2.75) is 33.4 Å². The van der Waals surface area contributed by atoms with Gasteiger partial charge in [-0.15, -0.1) is 0 Å². The Kier molecular flexibility index (Phi) is 4.59. The second-order valence-corrected chi connectivity index (χ2v) is 6.72. The molecule has 25 heavy (non-hydrogen) atoms. The minimum atomic E-state index is -0.931. The molecule has 2 aromatic heterocycles. The van der Waals surface area contributed by atoms with Gasteiger partial charge in [-0.05, 0) is 26.8 Å². The number of carbonyl (C=O) groups is 2. The van der Waals surface area contributed by atoms with Crippen molar-refractivity contribution in [1.29, 1.82) is 0 Å². The normalized spacial score (nSPS) is 12.3. The summed E-state index contributed by atoms with van der Waals surface area (Å²) in [5.41, 5.74) is 2.82. The van der Waals surface area contributed by atoms with Crippen molar-refractivity contribution < 1.29 is 14.3 Å². The van der Waals surface area contributed by atoms with Gasteiger partial charge in [-0.3, -0.25) is 19.0 Å². The zero-order chi connectivity index (χ0) is 18.1. The first-order valence-corrected chi connectivity index (χ1v) is 8.72. The second-order valence-electron chi connectivity index (χ2n) is 5.90. The highest BCUT2D eigenvalue weighted by Crippen LogP contribution is 2.23. The number of benzene rings is 1. The molecule has 7 heteroatoms. The summed E-state index contributed by atoms with van der Waals surface area (Å²) in [5.74, 6) is -0.875. The maximum absolute atomic E-state index is 12.7. The Labute approximate surface area is 148 Å². The molecule has 0 amide bonds. The molecule has 0 aliphatic rings. The fraction of sp³-hybridized carbons (Fsp3) is 0.278. The van der Waals surface area contributed by atoms with Crippen LogP contribution in [-0.2, 0) is 16.1 Å². The molecule has 1 N–H and O–H groups in total. The van der Waals surface area contributed by atoms with Gasteiger partial charge >= 0.3 is 10.8 Å². The molecule has 130 valence electrons. The Balaban J connectivity index is 1.77. The van der Waals surface area contributed by atoms with Gasteiger partial charge in [0.1, 0.15) is 6.54 Å². The fourth-order valence-corrected chi connectivity index (χ4v) is 3.55. The predicted molar refractivity (Wildman–Crippen MR) is 96.2 cm³/mol. The van der Waals surface area contributed by atoms with E-state index in [1.165, 1.54) is 4.57 Å². The van der Waals surface area contributed by atoms with E-state index in [0.29, 0.717) is 11.3 Å². The molecule has 0 saturated heterocycles. The fourth-order valence-electron chi connectivity index (χ4n) is 2.81. The largest absolute Gasteiger partial charge is 0.453 e. The molecule has 0 saturated carbocycles. The van der Waals surface area contributed by atoms with Gasteiger partial charge in [0.15, 0.2) is 6.10 Å². The number of hydrogen-bond donors (Lipinski definition) is 1. The van der Waals surface area contributed by atoms with Crippen molar-refractivity contribution in [3.63, 3.8) is 0 Å². The van der Waals surface area contributed by atoms with Crippen molar-refractivity contribution in [3.05, 3.63) is 56.3 Å². The van der Waals surface area contributed by atoms with E-state index < -0.39 is 12.1 Å². The lowest BCUT2D eigenvalue weighted by atomic mass is 10.0. The van der Waals surface area contributed by atoms with Crippen molar-refractivity contribution in [1.82, 2.24) is 9.55 Å². The summed E-state index contributed by atoms with van der Waals surface area (Å²) in [7, 11) is 0. The molecule has 1 atom stereocenters. The Morgan fingerprint density at radius 3 is 2.68 bits per heavy atom. The summed E-state index contributed by atoms with van der Waals surface area (Å²) >= 11 is 1.03. The lowest BCUT2D eigenvalue weighted by Crippen LogP contribution is -2.29. The standard InChI is InChI=1S/C18H18N2O4S/c1-10-9-25-18(23)20(10)8-15(21)24-12(3)17(22)16-11(2)19-14-7-5-4-6-13(14)16/h4-7,9,12,19H,8H2,1-3H3/t12-/m1/s1. The Hall–Kier alpha value is -2.67. The third-order valence-corrected chi connectivity index (χ3v) is 4.96. The van der Waals surface area contributed by atoms with Crippen molar-refractivity contribution in [2.75, 3.05) is 0 Å². The van der Waals surface area contributed by atoms with Crippen LogP contribution in [0.25, 0.3) is 10.9 Å². The molecule has 3 aromatic rings. The summed E-state index contributed by atoms with van der Waals surface area (Å²) < 4.78 is 6.60. The monoisotopic (exact) mass is 358 g/mol. The zero-order valence-electron chi connectivity index (χ0n) is 14.2. The van der Waals surface area contributed by atoms with Crippen LogP contribution < -0.4 is 4.87 Å². The SMILES string of the molecule is Cc1[nH]c2ccccc2c1C(=O)[C@@H](C)OC(=O)Cn1c(C)csc1=O. The number of ketones is 1. The number of carbonyl (C=O) groups excluding carboxylic acids is 2. The van der Waals surface area contributed by atoms with Crippen LogP contribution in [0.15, 0.2) is 34.4 Å². The number of para-hydroxylation sites is 1. The highest BCUT2D eigenvalue weighted by atomic mass is 32.1. The van der Waals surface area contributed by atoms with Crippen LogP contribution in [0, 0.1) is 13.8 Å². The summed E-state index contributed by atoms with van der Waals surface area (Å²) in [5, 5.41) is 2.48. The van der Waals surface area contributed by atoms with E-state index in [1.807, 2.05) is 31.2 Å². The van der Waals surface area contributed by atoms with Crippen LogP contribution in [0.3, 0.4) is 0 Å². The summed E-state index contributed by atoms with van der Waals surface area (Å²) in [6.07, 6.45) is -0.931. The quantitative estimate of drug-likeness (QED) is 0.562. The number of nitrogens with one attached hydrogen (secondary N) is 1. The smallest absolute Gasteiger partial charge is 0.326 e. The van der Waals surface area contributed by atoms with E-state index in [1.54, 1.807) is 19.2 Å². The van der Waals surface area contributed by atoms with Crippen LogP contribution in [0.2, 0.25) is 0 Å². The van der Waals surface area contributed by atoms with Crippen LogP contribution in [0.1, 0.15) is 28.7 Å². The van der Waals surface area contributed by atoms with E-state index in [2.05, 4.69) is 4.98 Å². The van der Waals surface area contributed by atoms with E-state index in [4.69, 9.17) is 4.74 Å². The highest BCUT2D eigenvalue weighted by Gasteiger charge is 2.24. The number of esters is 1. The second kappa shape index (κ2) is 6.68. The molecule has 2 heterocycles. The number of nitrogens with zero attached hydrogens (tertiary/aromatic N) is 1. The Morgan fingerprint density at radius 2 is 2.00 bits per heavy atom. The molecule has 6 nitrogen and oxygen atoms in total. The van der Waals surface area contributed by atoms with E-state index >= 15 is 0 Å². The van der Waals surface area contributed by atoms with Gasteiger partial charge in [-0.2, -0.15) is 0 Å². The van der Waals surface area contributed by atoms with E-state index in [-0.39, 0.29) is 17.2 Å². The molecule has 0 fully saturated rings. The first-order valence-electron chi connectivity index (χ1n) is 7.84. The van der Waals surface area contributed by atoms with Crippen LogP contribution >= 0.6 is 11.3 Å². The van der Waals surface area contributed by atoms with Gasteiger partial charge in [0, 0.05) is 33.2 Å². The van der Waals surface area contributed by atoms with Gasteiger partial charge in [-0.25, -0.2) is 0 Å². The topological polar surface area (TPSA) is 81.2 Å². The van der Waals surface area contributed by atoms with Crippen molar-refractivity contribution in [2.24, 2.45) is 0 Å². The van der Waals surface area contributed by atoms with Crippen LogP contribution in [-0.4, -0.2) is 27.4 Å². The zero-order valence-corrected chi connectivity index (χ0v) is 15.0. The number of rotatable bonds is 5. The van der Waals surface area contributed by atoms with Crippen LogP contribution in [0.5, 0.6) is 0 Å². The first-order chi connectivity index (χ1) is 11.9. The van der Waals surface area contributed by atoms with Crippen LogP contribution in [0.4, 0.5) is 0 Å². The van der Waals surface area contributed by atoms with Crippen molar-refractivity contribution in [3.8, 4) is 0 Å². The molecule has 1 aromatic carbocycles. The molecular weight excluding hydrogens is 340 g/mol. The van der Waals surface area contributed by atoms with Gasteiger partial charge in [-0.1, -0.05) is 29.5 Å². The maximum atomic E-state index is 12.7. The van der Waals surface area contributed by atoms with E-state index in [0.717, 1.165) is 27.9 Å². The Bertz CT molecular complexity index is 1010. The molecular formula is C18H18N2O4S. The minimum absolute atomic E-state index is 0.196. The number of Topliss-reactive ketones (excluding diaryl/α,β-unsaturated/α-hetero) is 1. The summed E-state index contributed by atoms with van der Waals surface area (Å²) in [4.78, 5) is 39.5. The number of fused-ring (bicyclic) bond motifs is 1. The molecule has 0 aliphatic heterocycles. The van der Waals surface area contributed by atoms with Gasteiger partial charge < -0.3 is 9.72 Å². The molecule has 0 radical (unpaired) electrons. The molecule has 0 unspecified atom stereocenters. The number of H-pyrrole nitrogens is 1. The summed E-state index contributed by atoms with van der Waals surface area (Å²) in [6.45, 7) is 4.91. The first kappa shape index (κ1) is 17.2. The molecule has 0 aliphatic carbocycles. The maximum Gasteiger partial charge on any atom is 0.326 e. The molecule has 3 rings (SSSR count). The van der Waals surface area contributed by atoms with Gasteiger partial charge in [0.05, 0.1) is 0 Å². The van der Waals surface area contributed by atoms with Crippen molar-refractivity contribution >= 4 is 34.0 Å². The number of thiazole rings is 1. The molecule has 0 spiro atoms. The third kappa shape index (κ3) is 3.28. The Morgan fingerprint density at radius 1 is 1.28 bits per heavy atom. The highest BCUT2D eigenvalue weighted by molar-refractivity contribution is 7.07. The number of aryl methyl sites for hydroxylation is 2. The average molecular weight is 358 g/mol. The van der Waals surface area contributed by atoms with Gasteiger partial charge in [0.25, 0.3) is 0 Å². The third-order valence-electron chi connectivity index (χ3n) is 4.08. The number of aromatic amines is 1. The minimum Gasteiger partial charge on any atom is -0.453 e. The number of ether oxygens (including phenoxy) is 1. The predicted octanol–water partition coefficient (Wildman–Crippen LogP) is 2.82. The van der Waals surface area contributed by atoms with Gasteiger partial charge in [0.2, 0.25) is 5.78 Å². The summed E-state index contributed by atoms with van der Waals surface area (Å²) in [6, 6.07) is 7.49. The number of aromatic nitrogens is 2. The average Bonchev–Trinajstić information content (AvgIpc) is 3.07. The lowest BCUT2D eigenvalue weighted by Gasteiger charge is -2.13. The van der Waals surface area contributed by atoms with E-state index in [9.17, 15) is 14.4 Å². The lowest BCUT2D eigenvalue weighted by molar-refractivity contribution is -0.147. The molecule has 0 bridgehead atoms.